The summed E-state index contributed by atoms with van der Waals surface area (Å²) < 4.78 is 35.8. The highest BCUT2D eigenvalue weighted by Gasteiger charge is 2.26. The third kappa shape index (κ3) is 6.73. The van der Waals surface area contributed by atoms with Crippen LogP contribution in [0.5, 0.6) is 0 Å². The van der Waals surface area contributed by atoms with Crippen molar-refractivity contribution in [3.05, 3.63) is 12.3 Å². The van der Waals surface area contributed by atoms with E-state index in [1.54, 1.807) is 0 Å². The summed E-state index contributed by atoms with van der Waals surface area (Å²) in [6.45, 7) is -0.863. The lowest BCUT2D eigenvalue weighted by Gasteiger charge is -2.08. The minimum atomic E-state index is -4.41. The van der Waals surface area contributed by atoms with Gasteiger partial charge in [0.1, 0.15) is 12.4 Å². The van der Waals surface area contributed by atoms with Gasteiger partial charge in [-0.25, -0.2) is 9.98 Å². The van der Waals surface area contributed by atoms with Gasteiger partial charge in [0, 0.05) is 19.3 Å². The van der Waals surface area contributed by atoms with Crippen LogP contribution in [0.3, 0.4) is 0 Å². The normalized spacial score (nSPS) is 12.3. The van der Waals surface area contributed by atoms with Gasteiger partial charge in [0.15, 0.2) is 5.96 Å². The Morgan fingerprint density at radius 3 is 2.85 bits per heavy atom. The Hall–Kier alpha value is -2.10. The van der Waals surface area contributed by atoms with Crippen LogP contribution in [0.2, 0.25) is 0 Å². The Kier molecular flexibility index (Phi) is 5.97. The fraction of sp³-hybridized carbons (Fsp3) is 0.500. The summed E-state index contributed by atoms with van der Waals surface area (Å²) in [5, 5.41) is 13.9. The molecule has 0 unspecified atom stereocenters. The van der Waals surface area contributed by atoms with Gasteiger partial charge in [0.25, 0.3) is 0 Å². The van der Waals surface area contributed by atoms with E-state index in [4.69, 9.17) is 10.8 Å². The lowest BCUT2D eigenvalue weighted by molar-refractivity contribution is -0.118. The van der Waals surface area contributed by atoms with Crippen molar-refractivity contribution in [2.24, 2.45) is 10.7 Å². The molecule has 0 aliphatic carbocycles. The number of guanidine groups is 1. The van der Waals surface area contributed by atoms with Gasteiger partial charge in [-0.1, -0.05) is 0 Å². The molecule has 0 spiro atoms. The Bertz CT molecular complexity index is 451. The molecule has 0 atom stereocenters. The summed E-state index contributed by atoms with van der Waals surface area (Å²) in [5.74, 6) is 0.101. The molecule has 112 valence electrons. The van der Waals surface area contributed by atoms with Crippen molar-refractivity contribution < 1.29 is 18.3 Å². The molecule has 7 nitrogen and oxygen atoms in total. The number of aliphatic hydroxyl groups is 1. The third-order valence-corrected chi connectivity index (χ3v) is 1.96. The first-order chi connectivity index (χ1) is 9.40. The molecular formula is C10H15F3N6O. The average Bonchev–Trinajstić information content (AvgIpc) is 2.36. The van der Waals surface area contributed by atoms with Crippen LogP contribution in [-0.4, -0.2) is 46.9 Å². The molecule has 1 aromatic rings. The van der Waals surface area contributed by atoms with Crippen LogP contribution in [0.1, 0.15) is 6.42 Å². The van der Waals surface area contributed by atoms with Crippen molar-refractivity contribution in [2.45, 2.75) is 12.6 Å². The summed E-state index contributed by atoms with van der Waals surface area (Å²) in [5.41, 5.74) is 5.31. The molecule has 1 heterocycles. The van der Waals surface area contributed by atoms with E-state index >= 15 is 0 Å². The number of anilines is 2. The van der Waals surface area contributed by atoms with Crippen LogP contribution in [0, 0.1) is 0 Å². The van der Waals surface area contributed by atoms with Crippen LogP contribution in [0.15, 0.2) is 17.3 Å². The van der Waals surface area contributed by atoms with Gasteiger partial charge in [-0.15, -0.1) is 0 Å². The fourth-order valence-electron chi connectivity index (χ4n) is 1.14. The summed E-state index contributed by atoms with van der Waals surface area (Å²) >= 11 is 0. The molecule has 0 aliphatic heterocycles. The standard InChI is InChI=1S/C10H15F3N6O/c11-10(12,13)6-17-8(14)18-7-2-4-16-9(19-7)15-3-1-5-20/h2,4,20H,1,3,5-6H2,(H4,14,15,16,17,18,19). The smallest absolute Gasteiger partial charge is 0.396 e. The third-order valence-electron chi connectivity index (χ3n) is 1.96. The number of alkyl halides is 3. The van der Waals surface area contributed by atoms with Gasteiger partial charge in [-0.05, 0) is 12.5 Å². The highest BCUT2D eigenvalue weighted by molar-refractivity contribution is 5.91. The van der Waals surface area contributed by atoms with Crippen molar-refractivity contribution >= 4 is 17.7 Å². The van der Waals surface area contributed by atoms with Crippen molar-refractivity contribution in [2.75, 3.05) is 30.3 Å². The second kappa shape index (κ2) is 7.48. The number of aliphatic imine (C=N–C) groups is 1. The maximum atomic E-state index is 11.9. The molecule has 0 amide bonds. The van der Waals surface area contributed by atoms with Gasteiger partial charge in [-0.2, -0.15) is 18.2 Å². The maximum absolute atomic E-state index is 11.9. The van der Waals surface area contributed by atoms with Crippen molar-refractivity contribution in [3.63, 3.8) is 0 Å². The SMILES string of the molecule is NC(=NCC(F)(F)F)Nc1ccnc(NCCCO)n1. The van der Waals surface area contributed by atoms with Crippen molar-refractivity contribution in [1.29, 1.82) is 0 Å². The van der Waals surface area contributed by atoms with Crippen LogP contribution in [-0.2, 0) is 0 Å². The summed E-state index contributed by atoms with van der Waals surface area (Å²) in [7, 11) is 0. The average molecular weight is 292 g/mol. The summed E-state index contributed by atoms with van der Waals surface area (Å²) in [6.07, 6.45) is -2.47. The molecule has 1 aromatic heterocycles. The molecule has 10 heteroatoms. The van der Waals surface area contributed by atoms with Gasteiger partial charge >= 0.3 is 6.18 Å². The lowest BCUT2D eigenvalue weighted by atomic mass is 10.4. The van der Waals surface area contributed by atoms with Crippen LogP contribution >= 0.6 is 0 Å². The second-order valence-corrected chi connectivity index (χ2v) is 3.71. The van der Waals surface area contributed by atoms with Crippen LogP contribution in [0.25, 0.3) is 0 Å². The Morgan fingerprint density at radius 1 is 1.45 bits per heavy atom. The van der Waals surface area contributed by atoms with E-state index in [1.165, 1.54) is 12.3 Å². The second-order valence-electron chi connectivity index (χ2n) is 3.71. The van der Waals surface area contributed by atoms with Crippen LogP contribution in [0.4, 0.5) is 24.9 Å². The first kappa shape index (κ1) is 16.0. The number of nitrogens with one attached hydrogen (secondary N) is 2. The van der Waals surface area contributed by atoms with E-state index in [0.717, 1.165) is 0 Å². The zero-order valence-electron chi connectivity index (χ0n) is 10.5. The van der Waals surface area contributed by atoms with Gasteiger partial charge in [-0.3, -0.25) is 0 Å². The summed E-state index contributed by atoms with van der Waals surface area (Å²) in [6, 6.07) is 1.44. The van der Waals surface area contributed by atoms with Crippen LogP contribution < -0.4 is 16.4 Å². The molecule has 1 rings (SSSR count). The number of nitrogens with zero attached hydrogens (tertiary/aromatic N) is 3. The number of hydrogen-bond donors (Lipinski definition) is 4. The predicted octanol–water partition coefficient (Wildman–Crippen LogP) is 0.560. The fourth-order valence-corrected chi connectivity index (χ4v) is 1.14. The number of rotatable bonds is 6. The molecule has 0 fully saturated rings. The number of aromatic nitrogens is 2. The molecule has 20 heavy (non-hydrogen) atoms. The number of nitrogens with two attached hydrogens (primary N) is 1. The molecule has 0 saturated heterocycles. The minimum Gasteiger partial charge on any atom is -0.396 e. The Balaban J connectivity index is 2.57. The molecule has 0 bridgehead atoms. The van der Waals surface area contributed by atoms with Crippen molar-refractivity contribution in [3.8, 4) is 0 Å². The molecule has 0 aliphatic rings. The number of halogens is 3. The topological polar surface area (TPSA) is 108 Å². The highest BCUT2D eigenvalue weighted by atomic mass is 19.4. The number of hydrogen-bond acceptors (Lipinski definition) is 5. The first-order valence-corrected chi connectivity index (χ1v) is 5.72. The van der Waals surface area contributed by atoms with E-state index in [0.29, 0.717) is 13.0 Å². The molecule has 0 aromatic carbocycles. The lowest BCUT2D eigenvalue weighted by Crippen LogP contribution is -2.26. The Morgan fingerprint density at radius 2 is 2.20 bits per heavy atom. The zero-order valence-corrected chi connectivity index (χ0v) is 10.5. The van der Waals surface area contributed by atoms with Crippen molar-refractivity contribution in [1.82, 2.24) is 9.97 Å². The largest absolute Gasteiger partial charge is 0.408 e. The maximum Gasteiger partial charge on any atom is 0.408 e. The minimum absolute atomic E-state index is 0.0298. The van der Waals surface area contributed by atoms with E-state index in [1.807, 2.05) is 0 Å². The summed E-state index contributed by atoms with van der Waals surface area (Å²) in [4.78, 5) is 11.0. The van der Waals surface area contributed by atoms with E-state index < -0.39 is 12.7 Å². The van der Waals surface area contributed by atoms with E-state index in [9.17, 15) is 13.2 Å². The zero-order chi connectivity index (χ0) is 15.0. The van der Waals surface area contributed by atoms with Gasteiger partial charge in [0.2, 0.25) is 5.95 Å². The Labute approximate surface area is 113 Å². The first-order valence-electron chi connectivity index (χ1n) is 5.72. The number of aliphatic hydroxyl groups excluding tert-OH is 1. The van der Waals surface area contributed by atoms with Gasteiger partial charge < -0.3 is 21.5 Å². The quantitative estimate of drug-likeness (QED) is 0.346. The van der Waals surface area contributed by atoms with Gasteiger partial charge in [0.05, 0.1) is 0 Å². The van der Waals surface area contributed by atoms with E-state index in [2.05, 4.69) is 25.6 Å². The molecule has 0 radical (unpaired) electrons. The molecular weight excluding hydrogens is 277 g/mol. The highest BCUT2D eigenvalue weighted by Crippen LogP contribution is 2.14. The molecule has 0 saturated carbocycles. The molecule has 5 N–H and O–H groups in total. The van der Waals surface area contributed by atoms with E-state index in [-0.39, 0.29) is 24.3 Å². The monoisotopic (exact) mass is 292 g/mol. The predicted molar refractivity (Wildman–Crippen MR) is 68.4 cm³/mol.